The van der Waals surface area contributed by atoms with Crippen LogP contribution in [0.2, 0.25) is 15.1 Å². The lowest BCUT2D eigenvalue weighted by molar-refractivity contribution is -0.139. The summed E-state index contributed by atoms with van der Waals surface area (Å²) < 4.78 is 34.5. The topological polar surface area (TPSA) is 96.0 Å². The van der Waals surface area contributed by atoms with E-state index in [9.17, 15) is 18.0 Å². The smallest absolute Gasteiger partial charge is 0.264 e. The summed E-state index contributed by atoms with van der Waals surface area (Å²) in [5.74, 6) is -0.351. The molecule has 3 aromatic carbocycles. The van der Waals surface area contributed by atoms with Gasteiger partial charge in [0.15, 0.2) is 0 Å². The second-order valence-corrected chi connectivity index (χ2v) is 13.8. The van der Waals surface area contributed by atoms with Crippen molar-refractivity contribution in [3.63, 3.8) is 0 Å². The fourth-order valence-electron chi connectivity index (χ4n) is 5.12. The Morgan fingerprint density at radius 3 is 2.18 bits per heavy atom. The van der Waals surface area contributed by atoms with E-state index in [1.165, 1.54) is 29.2 Å². The van der Waals surface area contributed by atoms with E-state index in [0.717, 1.165) is 36.4 Å². The number of sulfonamides is 1. The fraction of sp³-hybridized carbons (Fsp3) is 0.375. The Labute approximate surface area is 274 Å². The van der Waals surface area contributed by atoms with E-state index >= 15 is 0 Å². The molecule has 1 aliphatic carbocycles. The van der Waals surface area contributed by atoms with Crippen LogP contribution in [0.15, 0.2) is 71.6 Å². The van der Waals surface area contributed by atoms with Crippen LogP contribution in [0, 0.1) is 0 Å². The highest BCUT2D eigenvalue weighted by Gasteiger charge is 2.33. The minimum atomic E-state index is -4.24. The molecule has 1 aliphatic rings. The molecule has 2 amide bonds. The summed E-state index contributed by atoms with van der Waals surface area (Å²) in [6.45, 7) is 3.30. The number of anilines is 1. The van der Waals surface area contributed by atoms with Gasteiger partial charge in [-0.1, -0.05) is 60.1 Å². The molecule has 3 aromatic rings. The van der Waals surface area contributed by atoms with Crippen molar-refractivity contribution in [2.24, 2.45) is 0 Å². The first kappa shape index (κ1) is 33.9. The number of nitrogens with one attached hydrogen (secondary N) is 1. The zero-order valence-corrected chi connectivity index (χ0v) is 27.7. The minimum Gasteiger partial charge on any atom is -0.494 e. The molecule has 1 saturated carbocycles. The van der Waals surface area contributed by atoms with Gasteiger partial charge < -0.3 is 15.0 Å². The normalized spacial score (nSPS) is 14.5. The molecule has 0 heterocycles. The van der Waals surface area contributed by atoms with Gasteiger partial charge in [0.2, 0.25) is 11.8 Å². The number of hydrogen-bond donors (Lipinski definition) is 1. The number of amides is 2. The van der Waals surface area contributed by atoms with E-state index in [4.69, 9.17) is 39.5 Å². The molecule has 8 nitrogen and oxygen atoms in total. The summed E-state index contributed by atoms with van der Waals surface area (Å²) in [4.78, 5) is 29.0. The Kier molecular flexibility index (Phi) is 11.8. The highest BCUT2D eigenvalue weighted by Crippen LogP contribution is 2.28. The minimum absolute atomic E-state index is 0.0282. The maximum absolute atomic E-state index is 14.2. The fourth-order valence-corrected chi connectivity index (χ4v) is 7.13. The number of rotatable bonds is 12. The van der Waals surface area contributed by atoms with Crippen molar-refractivity contribution in [1.29, 1.82) is 0 Å². The van der Waals surface area contributed by atoms with Gasteiger partial charge in [-0.15, -0.1) is 0 Å². The maximum atomic E-state index is 14.2. The molecule has 0 saturated heterocycles. The monoisotopic (exact) mass is 679 g/mol. The molecule has 0 unspecified atom stereocenters. The molecule has 0 bridgehead atoms. The Morgan fingerprint density at radius 1 is 0.932 bits per heavy atom. The molecule has 1 fully saturated rings. The molecule has 4 rings (SSSR count). The number of benzene rings is 3. The first-order chi connectivity index (χ1) is 21.0. The van der Waals surface area contributed by atoms with Crippen molar-refractivity contribution in [3.8, 4) is 5.75 Å². The van der Waals surface area contributed by atoms with E-state index < -0.39 is 28.5 Å². The lowest BCUT2D eigenvalue weighted by Crippen LogP contribution is -2.53. The van der Waals surface area contributed by atoms with Crippen LogP contribution in [0.5, 0.6) is 5.75 Å². The first-order valence-electron chi connectivity index (χ1n) is 14.5. The first-order valence-corrected chi connectivity index (χ1v) is 17.1. The number of nitrogens with zero attached hydrogens (tertiary/aromatic N) is 2. The van der Waals surface area contributed by atoms with Crippen molar-refractivity contribution >= 4 is 62.3 Å². The third-order valence-corrected chi connectivity index (χ3v) is 10.2. The van der Waals surface area contributed by atoms with E-state index in [1.54, 1.807) is 49.4 Å². The van der Waals surface area contributed by atoms with E-state index in [1.807, 2.05) is 6.92 Å². The Morgan fingerprint density at radius 2 is 1.57 bits per heavy atom. The van der Waals surface area contributed by atoms with Crippen LogP contribution in [0.3, 0.4) is 0 Å². The van der Waals surface area contributed by atoms with Crippen LogP contribution >= 0.6 is 34.8 Å². The highest BCUT2D eigenvalue weighted by atomic mass is 35.5. The molecular weight excluding hydrogens is 645 g/mol. The van der Waals surface area contributed by atoms with Gasteiger partial charge in [-0.05, 0) is 92.9 Å². The van der Waals surface area contributed by atoms with Gasteiger partial charge in [0.1, 0.15) is 18.3 Å². The van der Waals surface area contributed by atoms with Gasteiger partial charge in [0.05, 0.1) is 17.2 Å². The lowest BCUT2D eigenvalue weighted by atomic mass is 9.95. The van der Waals surface area contributed by atoms with Crippen molar-refractivity contribution in [1.82, 2.24) is 10.2 Å². The van der Waals surface area contributed by atoms with Crippen molar-refractivity contribution in [2.75, 3.05) is 17.5 Å². The summed E-state index contributed by atoms with van der Waals surface area (Å²) in [7, 11) is -4.24. The molecule has 0 spiro atoms. The summed E-state index contributed by atoms with van der Waals surface area (Å²) >= 11 is 18.6. The predicted octanol–water partition coefficient (Wildman–Crippen LogP) is 7.11. The highest BCUT2D eigenvalue weighted by molar-refractivity contribution is 7.92. The third-order valence-electron chi connectivity index (χ3n) is 7.59. The number of carbonyl (C=O) groups is 2. The summed E-state index contributed by atoms with van der Waals surface area (Å²) in [6, 6.07) is 16.1. The average molecular weight is 681 g/mol. The Hall–Kier alpha value is -2.98. The summed E-state index contributed by atoms with van der Waals surface area (Å²) in [5.41, 5.74) is 0.815. The Balaban J connectivity index is 1.70. The summed E-state index contributed by atoms with van der Waals surface area (Å²) in [5, 5.41) is 4.21. The number of hydrogen-bond acceptors (Lipinski definition) is 5. The molecular formula is C32H36Cl3N3O5S. The van der Waals surface area contributed by atoms with Crippen LogP contribution in [0.1, 0.15) is 51.5 Å². The van der Waals surface area contributed by atoms with Crippen molar-refractivity contribution in [2.45, 2.75) is 69.5 Å². The van der Waals surface area contributed by atoms with Gasteiger partial charge in [0.25, 0.3) is 10.0 Å². The van der Waals surface area contributed by atoms with E-state index in [0.29, 0.717) is 33.0 Å². The molecule has 236 valence electrons. The van der Waals surface area contributed by atoms with Crippen LogP contribution in [-0.4, -0.2) is 50.4 Å². The molecule has 0 aromatic heterocycles. The molecule has 0 radical (unpaired) electrons. The van der Waals surface area contributed by atoms with E-state index in [2.05, 4.69) is 5.32 Å². The quantitative estimate of drug-likeness (QED) is 0.220. The molecule has 44 heavy (non-hydrogen) atoms. The molecule has 1 atom stereocenters. The zero-order chi connectivity index (χ0) is 31.9. The average Bonchev–Trinajstić information content (AvgIpc) is 3.00. The van der Waals surface area contributed by atoms with Gasteiger partial charge in [-0.3, -0.25) is 13.9 Å². The lowest BCUT2D eigenvalue weighted by Gasteiger charge is -2.33. The maximum Gasteiger partial charge on any atom is 0.264 e. The largest absolute Gasteiger partial charge is 0.494 e. The van der Waals surface area contributed by atoms with Gasteiger partial charge in [-0.2, -0.15) is 0 Å². The summed E-state index contributed by atoms with van der Waals surface area (Å²) in [6.07, 6.45) is 4.94. The molecule has 0 aliphatic heterocycles. The third kappa shape index (κ3) is 8.59. The van der Waals surface area contributed by atoms with Gasteiger partial charge >= 0.3 is 0 Å². The SMILES string of the molecule is CCOc1ccc(N(CC(=O)N(Cc2ccc(Cl)cc2Cl)[C@@H](C)C(=O)NC2CCCCC2)S(=O)(=O)c2ccc(Cl)cc2)cc1. The van der Waals surface area contributed by atoms with Gasteiger partial charge in [0, 0.05) is 27.7 Å². The van der Waals surface area contributed by atoms with Crippen molar-refractivity contribution < 1.29 is 22.7 Å². The molecule has 12 heteroatoms. The Bertz CT molecular complexity index is 1550. The number of ether oxygens (including phenoxy) is 1. The van der Waals surface area contributed by atoms with Crippen LogP contribution in [0.25, 0.3) is 0 Å². The second-order valence-electron chi connectivity index (χ2n) is 10.7. The van der Waals surface area contributed by atoms with Crippen LogP contribution in [-0.2, 0) is 26.2 Å². The van der Waals surface area contributed by atoms with Crippen LogP contribution in [0.4, 0.5) is 5.69 Å². The predicted molar refractivity (Wildman–Crippen MR) is 175 cm³/mol. The standard InChI is InChI=1S/C32H36Cl3N3O5S/c1-3-43-28-15-13-27(14-16-28)38(44(41,42)29-17-11-24(33)12-18-29)21-31(39)37(20-23-9-10-25(34)19-30(23)35)22(2)32(40)36-26-7-5-4-6-8-26/h9-19,22,26H,3-8,20-21H2,1-2H3,(H,36,40)/t22-/m0/s1. The number of carbonyl (C=O) groups excluding carboxylic acids is 2. The van der Waals surface area contributed by atoms with Crippen molar-refractivity contribution in [3.05, 3.63) is 87.4 Å². The van der Waals surface area contributed by atoms with Crippen LogP contribution < -0.4 is 14.4 Å². The van der Waals surface area contributed by atoms with E-state index in [-0.39, 0.29) is 29.1 Å². The second kappa shape index (κ2) is 15.3. The van der Waals surface area contributed by atoms with Gasteiger partial charge in [-0.25, -0.2) is 8.42 Å². The number of halogens is 3. The molecule has 1 N–H and O–H groups in total. The zero-order valence-electron chi connectivity index (χ0n) is 24.6.